The van der Waals surface area contributed by atoms with Crippen LogP contribution < -0.4 is 8.48 Å². The van der Waals surface area contributed by atoms with Crippen molar-refractivity contribution >= 4 is 33.3 Å². The Morgan fingerprint density at radius 2 is 1.42 bits per heavy atom. The molecular formula is C27H41N3Sn. The van der Waals surface area contributed by atoms with Crippen molar-refractivity contribution in [2.75, 3.05) is 19.0 Å². The Bertz CT molecular complexity index is 938. The van der Waals surface area contributed by atoms with Crippen molar-refractivity contribution < 1.29 is 0 Å². The van der Waals surface area contributed by atoms with Crippen molar-refractivity contribution in [3.8, 4) is 11.3 Å². The number of benzene rings is 1. The Hall–Kier alpha value is -1.49. The summed E-state index contributed by atoms with van der Waals surface area (Å²) in [6, 6.07) is 13.3. The summed E-state index contributed by atoms with van der Waals surface area (Å²) in [7, 11) is 4.20. The zero-order valence-corrected chi connectivity index (χ0v) is 23.2. The number of para-hydroxylation sites is 1. The van der Waals surface area contributed by atoms with E-state index in [-0.39, 0.29) is 0 Å². The predicted molar refractivity (Wildman–Crippen MR) is 139 cm³/mol. The van der Waals surface area contributed by atoms with Gasteiger partial charge in [0.15, 0.2) is 0 Å². The molecule has 0 amide bonds. The summed E-state index contributed by atoms with van der Waals surface area (Å²) >= 11 is -2.43. The molecule has 0 spiro atoms. The second-order valence-electron chi connectivity index (χ2n) is 9.31. The third-order valence-corrected chi connectivity index (χ3v) is 22.3. The van der Waals surface area contributed by atoms with Crippen LogP contribution in [0.4, 0.5) is 5.69 Å². The van der Waals surface area contributed by atoms with Crippen LogP contribution in [0.2, 0.25) is 13.3 Å². The van der Waals surface area contributed by atoms with Gasteiger partial charge in [-0.15, -0.1) is 0 Å². The summed E-state index contributed by atoms with van der Waals surface area (Å²) in [6.07, 6.45) is 12.9. The van der Waals surface area contributed by atoms with Gasteiger partial charge in [-0.25, -0.2) is 0 Å². The van der Waals surface area contributed by atoms with Gasteiger partial charge in [0, 0.05) is 0 Å². The van der Waals surface area contributed by atoms with Crippen molar-refractivity contribution in [1.29, 1.82) is 0 Å². The molecule has 4 heteroatoms. The van der Waals surface area contributed by atoms with Gasteiger partial charge < -0.3 is 0 Å². The van der Waals surface area contributed by atoms with E-state index in [1.165, 1.54) is 63.1 Å². The third kappa shape index (κ3) is 5.66. The molecule has 2 aromatic heterocycles. The number of aromatic nitrogens is 2. The average molecular weight is 526 g/mol. The standard InChI is InChI=1S/C15H14N3.3C4H9.Sn/c1-17(2)14-8-4-3-7-12(14)13-11-18-10-6-5-9-15(18)16-13;3*1-3-4-2;/h3-5,7-11H,1-2H3;3*1,3-4H2,2H3;. The maximum atomic E-state index is 5.00. The van der Waals surface area contributed by atoms with Gasteiger partial charge in [0.2, 0.25) is 0 Å². The third-order valence-electron chi connectivity index (χ3n) is 6.75. The molecule has 0 aliphatic heterocycles. The van der Waals surface area contributed by atoms with E-state index in [9.17, 15) is 0 Å². The molecule has 3 nitrogen and oxygen atoms in total. The molecule has 0 radical (unpaired) electrons. The molecule has 0 saturated carbocycles. The first-order valence-electron chi connectivity index (χ1n) is 12.3. The monoisotopic (exact) mass is 527 g/mol. The second-order valence-corrected chi connectivity index (χ2v) is 22.5. The Balaban J connectivity index is 2.04. The second kappa shape index (κ2) is 11.4. The van der Waals surface area contributed by atoms with Crippen LogP contribution in [-0.4, -0.2) is 41.9 Å². The van der Waals surface area contributed by atoms with E-state index in [2.05, 4.69) is 93.0 Å². The fourth-order valence-electron chi connectivity index (χ4n) is 4.87. The van der Waals surface area contributed by atoms with E-state index in [0.717, 1.165) is 11.3 Å². The molecule has 0 atom stereocenters. The summed E-state index contributed by atoms with van der Waals surface area (Å²) in [6.45, 7) is 7.05. The van der Waals surface area contributed by atoms with E-state index in [1.807, 2.05) is 0 Å². The van der Waals surface area contributed by atoms with Crippen LogP contribution in [0, 0.1) is 0 Å². The van der Waals surface area contributed by atoms with E-state index in [0.29, 0.717) is 0 Å². The van der Waals surface area contributed by atoms with Crippen LogP contribution in [0.3, 0.4) is 0 Å². The fraction of sp³-hybridized carbons (Fsp3) is 0.519. The van der Waals surface area contributed by atoms with Crippen molar-refractivity contribution in [3.63, 3.8) is 0 Å². The number of rotatable bonds is 12. The summed E-state index contributed by atoms with van der Waals surface area (Å²) in [4.78, 5) is 7.17. The fourth-order valence-corrected chi connectivity index (χ4v) is 20.7. The van der Waals surface area contributed by atoms with Crippen LogP contribution in [-0.2, 0) is 0 Å². The molecule has 0 unspecified atom stereocenters. The van der Waals surface area contributed by atoms with Crippen molar-refractivity contribution in [3.05, 3.63) is 48.8 Å². The average Bonchev–Trinajstić information content (AvgIpc) is 3.22. The van der Waals surface area contributed by atoms with Crippen molar-refractivity contribution in [2.24, 2.45) is 0 Å². The van der Waals surface area contributed by atoms with Gasteiger partial charge in [0.25, 0.3) is 0 Å². The van der Waals surface area contributed by atoms with E-state index < -0.39 is 18.4 Å². The summed E-state index contributed by atoms with van der Waals surface area (Å²) in [5.74, 6) is 0. The molecule has 31 heavy (non-hydrogen) atoms. The number of hydrogen-bond donors (Lipinski definition) is 0. The van der Waals surface area contributed by atoms with Gasteiger partial charge in [0.05, 0.1) is 0 Å². The number of fused-ring (bicyclic) bond motifs is 1. The van der Waals surface area contributed by atoms with E-state index in [4.69, 9.17) is 4.98 Å². The summed E-state index contributed by atoms with van der Waals surface area (Å²) < 4.78 is 8.53. The first-order valence-corrected chi connectivity index (χ1v) is 19.8. The number of hydrogen-bond acceptors (Lipinski definition) is 2. The molecule has 2 heterocycles. The van der Waals surface area contributed by atoms with Gasteiger partial charge in [-0.05, 0) is 0 Å². The molecule has 3 aromatic rings. The Morgan fingerprint density at radius 1 is 0.806 bits per heavy atom. The molecule has 3 rings (SSSR count). The zero-order valence-electron chi connectivity index (χ0n) is 20.3. The molecule has 0 fully saturated rings. The molecular weight excluding hydrogens is 485 g/mol. The summed E-state index contributed by atoms with van der Waals surface area (Å²) in [5.41, 5.74) is 4.55. The number of unbranched alkanes of at least 4 members (excludes halogenated alkanes) is 3. The van der Waals surface area contributed by atoms with E-state index in [1.54, 1.807) is 3.58 Å². The number of imidazole rings is 1. The Labute approximate surface area is 193 Å². The molecule has 168 valence electrons. The van der Waals surface area contributed by atoms with Crippen LogP contribution in [0.1, 0.15) is 59.3 Å². The zero-order chi connectivity index (χ0) is 22.3. The molecule has 0 N–H and O–H groups in total. The Kier molecular flexibility index (Phi) is 8.88. The van der Waals surface area contributed by atoms with Gasteiger partial charge in [0.1, 0.15) is 0 Å². The first-order chi connectivity index (χ1) is 15.0. The van der Waals surface area contributed by atoms with E-state index >= 15 is 0 Å². The minimum atomic E-state index is -2.43. The minimum absolute atomic E-state index is 1.06. The normalized spacial score (nSPS) is 11.9. The number of anilines is 1. The Morgan fingerprint density at radius 3 is 2.00 bits per heavy atom. The predicted octanol–water partition coefficient (Wildman–Crippen LogP) is 7.12. The summed E-state index contributed by atoms with van der Waals surface area (Å²) in [5, 5.41) is 0. The maximum absolute atomic E-state index is 5.00. The molecule has 0 aliphatic carbocycles. The topological polar surface area (TPSA) is 20.5 Å². The molecule has 0 bridgehead atoms. The van der Waals surface area contributed by atoms with Crippen molar-refractivity contribution in [2.45, 2.75) is 72.6 Å². The molecule has 0 aliphatic rings. The van der Waals surface area contributed by atoms with Gasteiger partial charge in [-0.2, -0.15) is 0 Å². The molecule has 1 aromatic carbocycles. The number of pyridine rings is 1. The van der Waals surface area contributed by atoms with Crippen LogP contribution >= 0.6 is 0 Å². The quantitative estimate of drug-likeness (QED) is 0.234. The SMILES string of the molecule is CCC[CH2][Sn]([CH2]CCC)([CH2]CCC)[c]1ccc2nc(-c3ccccc3N(C)C)cn2c1. The van der Waals surface area contributed by atoms with Crippen LogP contribution in [0.25, 0.3) is 16.9 Å². The van der Waals surface area contributed by atoms with Gasteiger partial charge in [-0.3, -0.25) is 0 Å². The number of nitrogens with zero attached hydrogens (tertiary/aromatic N) is 3. The van der Waals surface area contributed by atoms with Crippen LogP contribution in [0.15, 0.2) is 48.8 Å². The van der Waals surface area contributed by atoms with Gasteiger partial charge >= 0.3 is 194 Å². The van der Waals surface area contributed by atoms with Crippen LogP contribution in [0.5, 0.6) is 0 Å². The molecule has 0 saturated heterocycles. The van der Waals surface area contributed by atoms with Gasteiger partial charge in [-0.1, -0.05) is 0 Å². The first kappa shape index (κ1) is 24.2. The van der Waals surface area contributed by atoms with Crippen molar-refractivity contribution in [1.82, 2.24) is 9.38 Å².